The number of halogens is 3. The molecular weight excluding hydrogens is 435 g/mol. The van der Waals surface area contributed by atoms with Gasteiger partial charge < -0.3 is 5.11 Å². The van der Waals surface area contributed by atoms with Crippen LogP contribution in [0.1, 0.15) is 32.5 Å². The molecule has 0 saturated carbocycles. The quantitative estimate of drug-likeness (QED) is 0.356. The van der Waals surface area contributed by atoms with Gasteiger partial charge in [0.2, 0.25) is 0 Å². The van der Waals surface area contributed by atoms with Crippen LogP contribution in [0.25, 0.3) is 11.3 Å². The van der Waals surface area contributed by atoms with Crippen LogP contribution in [-0.2, 0) is 17.4 Å². The molecule has 32 heavy (non-hydrogen) atoms. The monoisotopic (exact) mass is 453 g/mol. The average molecular weight is 453 g/mol. The fourth-order valence-electron chi connectivity index (χ4n) is 3.56. The molecule has 0 aliphatic heterocycles. The summed E-state index contributed by atoms with van der Waals surface area (Å²) in [5.41, 5.74) is 2.08. The smallest absolute Gasteiger partial charge is 0.416 e. The summed E-state index contributed by atoms with van der Waals surface area (Å²) in [4.78, 5) is 16.7. The summed E-state index contributed by atoms with van der Waals surface area (Å²) in [7, 11) is 0. The van der Waals surface area contributed by atoms with E-state index >= 15 is 0 Å². The fourth-order valence-corrected chi connectivity index (χ4v) is 4.80. The summed E-state index contributed by atoms with van der Waals surface area (Å²) in [6, 6.07) is 24.1. The van der Waals surface area contributed by atoms with E-state index in [2.05, 4.69) is 0 Å². The van der Waals surface area contributed by atoms with Gasteiger partial charge in [-0.2, -0.15) is 13.2 Å². The number of benzene rings is 3. The molecule has 0 saturated heterocycles. The van der Waals surface area contributed by atoms with Crippen molar-refractivity contribution in [3.63, 3.8) is 0 Å². The molecule has 1 heterocycles. The molecule has 7 heteroatoms. The third-order valence-corrected chi connectivity index (χ3v) is 6.14. The van der Waals surface area contributed by atoms with Gasteiger partial charge in [0.1, 0.15) is 5.01 Å². The number of hydrogen-bond acceptors (Lipinski definition) is 3. The SMILES string of the molecule is O=C(O)Cc1sc(C(c2ccccc2)c2ccccc2)nc1-c1ccc(C(F)(F)F)cc1. The molecule has 0 spiro atoms. The normalized spacial score (nSPS) is 11.6. The first-order chi connectivity index (χ1) is 15.3. The van der Waals surface area contributed by atoms with Crippen molar-refractivity contribution in [1.82, 2.24) is 4.98 Å². The van der Waals surface area contributed by atoms with Gasteiger partial charge in [0, 0.05) is 10.4 Å². The van der Waals surface area contributed by atoms with E-state index in [0.717, 1.165) is 23.3 Å². The maximum Gasteiger partial charge on any atom is 0.416 e. The highest BCUT2D eigenvalue weighted by Gasteiger charge is 2.30. The highest BCUT2D eigenvalue weighted by Crippen LogP contribution is 2.39. The van der Waals surface area contributed by atoms with Crippen LogP contribution in [0, 0.1) is 0 Å². The zero-order valence-electron chi connectivity index (χ0n) is 16.7. The molecule has 1 aromatic heterocycles. The van der Waals surface area contributed by atoms with E-state index < -0.39 is 17.7 Å². The predicted octanol–water partition coefficient (Wildman–Crippen LogP) is 6.64. The van der Waals surface area contributed by atoms with Gasteiger partial charge in [0.05, 0.1) is 23.6 Å². The van der Waals surface area contributed by atoms with Crippen molar-refractivity contribution in [1.29, 1.82) is 0 Å². The Balaban J connectivity index is 1.84. The molecule has 0 amide bonds. The molecule has 0 aliphatic rings. The number of carboxylic acid groups (broad SMARTS) is 1. The Bertz CT molecular complexity index is 1160. The second-order valence-corrected chi connectivity index (χ2v) is 8.34. The van der Waals surface area contributed by atoms with E-state index in [1.807, 2.05) is 60.7 Å². The largest absolute Gasteiger partial charge is 0.481 e. The summed E-state index contributed by atoms with van der Waals surface area (Å²) in [5, 5.41) is 10.1. The Morgan fingerprint density at radius 2 is 1.41 bits per heavy atom. The number of nitrogens with zero attached hydrogens (tertiary/aromatic N) is 1. The third-order valence-electron chi connectivity index (χ3n) is 5.02. The van der Waals surface area contributed by atoms with Gasteiger partial charge in [-0.1, -0.05) is 72.8 Å². The van der Waals surface area contributed by atoms with Crippen LogP contribution < -0.4 is 0 Å². The van der Waals surface area contributed by atoms with Gasteiger partial charge in [-0.15, -0.1) is 11.3 Å². The minimum atomic E-state index is -4.44. The van der Waals surface area contributed by atoms with Crippen molar-refractivity contribution in [2.75, 3.05) is 0 Å². The summed E-state index contributed by atoms with van der Waals surface area (Å²) in [5.74, 6) is -1.25. The molecule has 0 aliphatic carbocycles. The number of rotatable bonds is 6. The maximum atomic E-state index is 13.0. The van der Waals surface area contributed by atoms with Crippen LogP contribution in [0.3, 0.4) is 0 Å². The molecule has 1 N–H and O–H groups in total. The van der Waals surface area contributed by atoms with Crippen LogP contribution in [0.15, 0.2) is 84.9 Å². The highest BCUT2D eigenvalue weighted by atomic mass is 32.1. The molecule has 4 aromatic rings. The number of aromatic nitrogens is 1. The van der Waals surface area contributed by atoms with Crippen molar-refractivity contribution in [3.8, 4) is 11.3 Å². The lowest BCUT2D eigenvalue weighted by Crippen LogP contribution is -2.04. The lowest BCUT2D eigenvalue weighted by Gasteiger charge is -2.15. The molecule has 0 atom stereocenters. The summed E-state index contributed by atoms with van der Waals surface area (Å²) in [6.07, 6.45) is -4.70. The molecule has 0 fully saturated rings. The van der Waals surface area contributed by atoms with Crippen LogP contribution in [0.4, 0.5) is 13.2 Å². The Labute approximate surface area is 186 Å². The van der Waals surface area contributed by atoms with Crippen LogP contribution >= 0.6 is 11.3 Å². The molecule has 0 unspecified atom stereocenters. The lowest BCUT2D eigenvalue weighted by molar-refractivity contribution is -0.138. The highest BCUT2D eigenvalue weighted by molar-refractivity contribution is 7.12. The number of aliphatic carboxylic acids is 1. The zero-order chi connectivity index (χ0) is 22.7. The number of thiazole rings is 1. The van der Waals surface area contributed by atoms with E-state index in [0.29, 0.717) is 21.1 Å². The first-order valence-corrected chi connectivity index (χ1v) is 10.6. The number of carboxylic acids is 1. The van der Waals surface area contributed by atoms with Gasteiger partial charge in [0.25, 0.3) is 0 Å². The summed E-state index contributed by atoms with van der Waals surface area (Å²) in [6.45, 7) is 0. The van der Waals surface area contributed by atoms with E-state index in [4.69, 9.17) is 4.98 Å². The van der Waals surface area contributed by atoms with Gasteiger partial charge in [-0.05, 0) is 23.3 Å². The van der Waals surface area contributed by atoms with Crippen LogP contribution in [0.2, 0.25) is 0 Å². The van der Waals surface area contributed by atoms with Crippen LogP contribution in [-0.4, -0.2) is 16.1 Å². The van der Waals surface area contributed by atoms with Crippen molar-refractivity contribution < 1.29 is 23.1 Å². The Morgan fingerprint density at radius 1 is 0.875 bits per heavy atom. The standard InChI is InChI=1S/C25H18F3NO2S/c26-25(27,28)19-13-11-18(12-14-19)23-20(15-21(30)31)32-24(29-23)22(16-7-3-1-4-8-16)17-9-5-2-6-10-17/h1-14,22H,15H2,(H,30,31). The van der Waals surface area contributed by atoms with E-state index in [1.54, 1.807) is 0 Å². The van der Waals surface area contributed by atoms with Gasteiger partial charge in [0.15, 0.2) is 0 Å². The Hall–Kier alpha value is -3.45. The van der Waals surface area contributed by atoms with E-state index in [9.17, 15) is 23.1 Å². The van der Waals surface area contributed by atoms with E-state index in [1.165, 1.54) is 23.5 Å². The topological polar surface area (TPSA) is 50.2 Å². The first kappa shape index (κ1) is 21.8. The average Bonchev–Trinajstić information content (AvgIpc) is 3.17. The zero-order valence-corrected chi connectivity index (χ0v) is 17.5. The molecule has 162 valence electrons. The maximum absolute atomic E-state index is 13.0. The minimum Gasteiger partial charge on any atom is -0.481 e. The van der Waals surface area contributed by atoms with Crippen molar-refractivity contribution >= 4 is 17.3 Å². The first-order valence-electron chi connectivity index (χ1n) is 9.82. The minimum absolute atomic E-state index is 0.224. The molecule has 3 nitrogen and oxygen atoms in total. The van der Waals surface area contributed by atoms with E-state index in [-0.39, 0.29) is 12.3 Å². The van der Waals surface area contributed by atoms with Crippen molar-refractivity contribution in [2.45, 2.75) is 18.5 Å². The lowest BCUT2D eigenvalue weighted by atomic mass is 9.92. The predicted molar refractivity (Wildman–Crippen MR) is 118 cm³/mol. The number of carbonyl (C=O) groups is 1. The molecule has 4 rings (SSSR count). The summed E-state index contributed by atoms with van der Waals surface area (Å²) < 4.78 is 38.9. The third kappa shape index (κ3) is 4.73. The van der Waals surface area contributed by atoms with Crippen LogP contribution in [0.5, 0.6) is 0 Å². The van der Waals surface area contributed by atoms with Gasteiger partial charge in [-0.25, -0.2) is 4.98 Å². The Morgan fingerprint density at radius 3 is 1.88 bits per heavy atom. The second kappa shape index (κ2) is 8.96. The number of hydrogen-bond donors (Lipinski definition) is 1. The molecule has 0 bridgehead atoms. The second-order valence-electron chi connectivity index (χ2n) is 7.22. The van der Waals surface area contributed by atoms with Crippen molar-refractivity contribution in [3.05, 3.63) is 112 Å². The molecule has 3 aromatic carbocycles. The fraction of sp³-hybridized carbons (Fsp3) is 0.120. The number of alkyl halides is 3. The molecule has 0 radical (unpaired) electrons. The molecular formula is C25H18F3NO2S. The van der Waals surface area contributed by atoms with Gasteiger partial charge in [-0.3, -0.25) is 4.79 Å². The van der Waals surface area contributed by atoms with Crippen molar-refractivity contribution in [2.24, 2.45) is 0 Å². The Kier molecular flexibility index (Phi) is 6.10. The van der Waals surface area contributed by atoms with Gasteiger partial charge >= 0.3 is 12.1 Å². The summed E-state index contributed by atoms with van der Waals surface area (Å²) >= 11 is 1.28.